The van der Waals surface area contributed by atoms with E-state index in [2.05, 4.69) is 44.2 Å². The van der Waals surface area contributed by atoms with Crippen molar-refractivity contribution in [1.29, 1.82) is 0 Å². The number of carboxylic acid groups (broad SMARTS) is 2. The maximum Gasteiger partial charge on any atom is 0.325 e. The number of aliphatic carboxylic acids is 2. The van der Waals surface area contributed by atoms with E-state index in [1.165, 1.54) is 46.3 Å². The van der Waals surface area contributed by atoms with Gasteiger partial charge in [0.2, 0.25) is 0 Å². The first-order valence-corrected chi connectivity index (χ1v) is 9.94. The summed E-state index contributed by atoms with van der Waals surface area (Å²) in [6, 6.07) is 10.9. The second kappa shape index (κ2) is 10.1. The summed E-state index contributed by atoms with van der Waals surface area (Å²) in [5, 5.41) is 13.9. The summed E-state index contributed by atoms with van der Waals surface area (Å²) in [4.78, 5) is 20.0. The van der Waals surface area contributed by atoms with Gasteiger partial charge in [0.25, 0.3) is 10.1 Å². The molecule has 1 atom stereocenters. The summed E-state index contributed by atoms with van der Waals surface area (Å²) in [6.07, 6.45) is 1.40. The molecule has 0 saturated carbocycles. The van der Waals surface area contributed by atoms with E-state index in [0.717, 1.165) is 0 Å². The van der Waals surface area contributed by atoms with Crippen LogP contribution in [0.15, 0.2) is 30.3 Å². The fourth-order valence-electron chi connectivity index (χ4n) is 1.98. The van der Waals surface area contributed by atoms with Gasteiger partial charge in [-0.1, -0.05) is 0 Å². The Morgan fingerprint density at radius 1 is 1.12 bits per heavy atom. The second-order valence-electron chi connectivity index (χ2n) is 5.57. The maximum atomic E-state index is 10.2. The first-order chi connectivity index (χ1) is 11.0. The Labute approximate surface area is 159 Å². The molecule has 3 N–H and O–H groups in total. The van der Waals surface area contributed by atoms with E-state index in [0.29, 0.717) is 2.66 Å². The smallest absolute Gasteiger partial charge is 0.325 e. The molecule has 0 aliphatic carbocycles. The summed E-state index contributed by atoms with van der Waals surface area (Å²) in [5.41, 5.74) is 1.53. The van der Waals surface area contributed by atoms with Gasteiger partial charge in [0.1, 0.15) is 0 Å². The van der Waals surface area contributed by atoms with Gasteiger partial charge in [-0.25, -0.2) is 0 Å². The SMILES string of the molecule is CC[C]([Na])(CC)c1ccccc1.O=C(O)CC(C(=O)O)S(=O)(=O)O. The third-order valence-corrected chi connectivity index (χ3v) is 7.11. The molecular weight excluding hydrogens is 347 g/mol. The molecule has 0 fully saturated rings. The van der Waals surface area contributed by atoms with Crippen LogP contribution in [0.25, 0.3) is 0 Å². The van der Waals surface area contributed by atoms with Gasteiger partial charge in [0, 0.05) is 0 Å². The van der Waals surface area contributed by atoms with Crippen LogP contribution in [0.1, 0.15) is 38.7 Å². The zero-order valence-corrected chi connectivity index (χ0v) is 16.8. The fraction of sp³-hybridized carbons (Fsp3) is 0.467. The van der Waals surface area contributed by atoms with Crippen LogP contribution >= 0.6 is 0 Å². The molecule has 1 aromatic rings. The van der Waals surface area contributed by atoms with Crippen molar-refractivity contribution in [1.82, 2.24) is 0 Å². The molecule has 0 aromatic heterocycles. The molecule has 24 heavy (non-hydrogen) atoms. The van der Waals surface area contributed by atoms with Crippen molar-refractivity contribution in [3.05, 3.63) is 35.9 Å². The van der Waals surface area contributed by atoms with Crippen molar-refractivity contribution in [3.8, 4) is 0 Å². The molecule has 0 aliphatic rings. The maximum absolute atomic E-state index is 10.2. The molecule has 0 amide bonds. The van der Waals surface area contributed by atoms with Crippen LogP contribution in [-0.4, -0.2) is 68.3 Å². The Balaban J connectivity index is 0.000000441. The van der Waals surface area contributed by atoms with Gasteiger partial charge in [-0.3, -0.25) is 14.1 Å². The van der Waals surface area contributed by atoms with E-state index in [9.17, 15) is 18.0 Å². The summed E-state index contributed by atoms with van der Waals surface area (Å²) in [5.74, 6) is -3.50. The normalized spacial score (nSPS) is 12.7. The molecule has 0 aliphatic heterocycles. The van der Waals surface area contributed by atoms with Gasteiger partial charge < -0.3 is 10.2 Å². The van der Waals surface area contributed by atoms with E-state index < -0.39 is 33.7 Å². The monoisotopic (exact) mass is 368 g/mol. The fourth-order valence-corrected chi connectivity index (χ4v) is 2.92. The minimum Gasteiger partial charge on any atom is -0.481 e. The average molecular weight is 368 g/mol. The topological polar surface area (TPSA) is 129 Å². The van der Waals surface area contributed by atoms with Crippen LogP contribution in [0, 0.1) is 0 Å². The predicted octanol–water partition coefficient (Wildman–Crippen LogP) is 1.67. The quantitative estimate of drug-likeness (QED) is 0.493. The number of benzene rings is 1. The van der Waals surface area contributed by atoms with E-state index in [1.807, 2.05) is 0 Å². The van der Waals surface area contributed by atoms with Gasteiger partial charge in [-0.15, -0.1) is 0 Å². The van der Waals surface area contributed by atoms with Crippen LogP contribution in [-0.2, 0) is 22.4 Å². The first-order valence-electron chi connectivity index (χ1n) is 7.44. The van der Waals surface area contributed by atoms with E-state index in [4.69, 9.17) is 14.8 Å². The molecule has 0 bridgehead atoms. The van der Waals surface area contributed by atoms with Crippen LogP contribution in [0.3, 0.4) is 0 Å². The summed E-state index contributed by atoms with van der Waals surface area (Å²) >= 11 is 1.26. The molecule has 1 unspecified atom stereocenters. The van der Waals surface area contributed by atoms with Crippen LogP contribution in [0.4, 0.5) is 0 Å². The molecule has 9 heteroatoms. The van der Waals surface area contributed by atoms with E-state index in [-0.39, 0.29) is 0 Å². The van der Waals surface area contributed by atoms with Crippen molar-refractivity contribution < 1.29 is 32.8 Å². The molecule has 0 spiro atoms. The largest absolute Gasteiger partial charge is 0.481 e. The molecule has 7 nitrogen and oxygen atoms in total. The Morgan fingerprint density at radius 2 is 1.58 bits per heavy atom. The van der Waals surface area contributed by atoms with Crippen LogP contribution < -0.4 is 0 Å². The minimum atomic E-state index is -4.84. The van der Waals surface area contributed by atoms with E-state index in [1.54, 1.807) is 0 Å². The average Bonchev–Trinajstić information content (AvgIpc) is 2.52. The van der Waals surface area contributed by atoms with Crippen LogP contribution in [0.2, 0.25) is 0 Å². The van der Waals surface area contributed by atoms with Crippen LogP contribution in [0.5, 0.6) is 0 Å². The summed E-state index contributed by atoms with van der Waals surface area (Å²) in [6.45, 7) is 4.59. The second-order valence-corrected chi connectivity index (χ2v) is 9.09. The van der Waals surface area contributed by atoms with Gasteiger partial charge in [-0.05, 0) is 0 Å². The van der Waals surface area contributed by atoms with Crippen molar-refractivity contribution in [2.45, 2.75) is 41.0 Å². The number of hydrogen-bond donors (Lipinski definition) is 3. The third kappa shape index (κ3) is 7.76. The number of hydrogen-bond acceptors (Lipinski definition) is 4. The molecular formula is C15H21NaO7S. The van der Waals surface area contributed by atoms with Crippen molar-refractivity contribution in [2.75, 3.05) is 0 Å². The molecule has 1 rings (SSSR count). The molecule has 130 valence electrons. The van der Waals surface area contributed by atoms with Gasteiger partial charge >= 0.3 is 105 Å². The molecule has 0 heterocycles. The summed E-state index contributed by atoms with van der Waals surface area (Å²) in [7, 11) is -4.84. The van der Waals surface area contributed by atoms with Crippen molar-refractivity contribution in [3.63, 3.8) is 0 Å². The minimum absolute atomic E-state index is 0.515. The Morgan fingerprint density at radius 3 is 1.83 bits per heavy atom. The third-order valence-electron chi connectivity index (χ3n) is 4.03. The number of carboxylic acids is 2. The number of rotatable bonds is 7. The Hall–Kier alpha value is -0.930. The Bertz CT molecular complexity index is 639. The van der Waals surface area contributed by atoms with Crippen molar-refractivity contribution >= 4 is 50.0 Å². The Kier molecular flexibility index (Phi) is 9.76. The number of carbonyl (C=O) groups is 2. The zero-order chi connectivity index (χ0) is 19.0. The standard InChI is InChI=1S/C11H15.C4H6O7S.Na/c1-3-10(4-2)11-8-6-5-7-9-11;5-3(6)1-2(4(7)8)12(9,10)11;/h5-9H,3-4H2,1-2H3;2H,1H2,(H,5,6)(H,7,8)(H,9,10,11);. The molecule has 0 radical (unpaired) electrons. The first kappa shape index (κ1) is 23.1. The van der Waals surface area contributed by atoms with E-state index >= 15 is 0 Å². The molecule has 0 saturated heterocycles. The zero-order valence-electron chi connectivity index (χ0n) is 14.0. The summed E-state index contributed by atoms with van der Waals surface area (Å²) < 4.78 is 29.2. The predicted molar refractivity (Wildman–Crippen MR) is 89.7 cm³/mol. The van der Waals surface area contributed by atoms with Gasteiger partial charge in [0.15, 0.2) is 5.25 Å². The van der Waals surface area contributed by atoms with Crippen molar-refractivity contribution in [2.24, 2.45) is 0 Å². The van der Waals surface area contributed by atoms with Gasteiger partial charge in [-0.2, -0.15) is 8.42 Å². The molecule has 1 aromatic carbocycles. The van der Waals surface area contributed by atoms with Gasteiger partial charge in [0.05, 0.1) is 6.42 Å².